The summed E-state index contributed by atoms with van der Waals surface area (Å²) in [6.45, 7) is 2.47. The molecule has 6 heteroatoms. The van der Waals surface area contributed by atoms with Gasteiger partial charge in [-0.3, -0.25) is 9.59 Å². The number of benzene rings is 1. The number of rotatable bonds is 5. The standard InChI is InChI=1S/C13H15BrINO3/c1-3-19-12(17)6-7-16(2)13(18)10-8-9(14)4-5-11(10)15/h4-5,8H,3,6-7H2,1-2H3. The first-order chi connectivity index (χ1) is 8.95. The maximum atomic E-state index is 12.2. The highest BCUT2D eigenvalue weighted by Crippen LogP contribution is 2.19. The van der Waals surface area contributed by atoms with Gasteiger partial charge in [-0.15, -0.1) is 0 Å². The molecule has 1 amide bonds. The van der Waals surface area contributed by atoms with E-state index in [0.29, 0.717) is 18.7 Å². The molecule has 0 aliphatic carbocycles. The highest BCUT2D eigenvalue weighted by atomic mass is 127. The molecule has 0 radical (unpaired) electrons. The number of carbonyl (C=O) groups is 2. The second-order valence-corrected chi connectivity index (χ2v) is 5.98. The van der Waals surface area contributed by atoms with E-state index in [1.54, 1.807) is 20.0 Å². The Morgan fingerprint density at radius 3 is 2.74 bits per heavy atom. The lowest BCUT2D eigenvalue weighted by Gasteiger charge is -2.17. The summed E-state index contributed by atoms with van der Waals surface area (Å²) in [6.07, 6.45) is 0.209. The Hall–Kier alpha value is -0.630. The summed E-state index contributed by atoms with van der Waals surface area (Å²) in [7, 11) is 1.68. The molecule has 1 aromatic carbocycles. The minimum atomic E-state index is -0.286. The molecule has 4 nitrogen and oxygen atoms in total. The fourth-order valence-corrected chi connectivity index (χ4v) is 2.39. The number of carbonyl (C=O) groups excluding carboxylic acids is 2. The van der Waals surface area contributed by atoms with Crippen molar-refractivity contribution in [2.24, 2.45) is 0 Å². The van der Waals surface area contributed by atoms with Gasteiger partial charge in [0, 0.05) is 21.6 Å². The van der Waals surface area contributed by atoms with Crippen LogP contribution in [0.2, 0.25) is 0 Å². The molecule has 0 saturated carbocycles. The lowest BCUT2D eigenvalue weighted by atomic mass is 10.2. The van der Waals surface area contributed by atoms with Gasteiger partial charge in [-0.2, -0.15) is 0 Å². The van der Waals surface area contributed by atoms with Crippen molar-refractivity contribution >= 4 is 50.4 Å². The van der Waals surface area contributed by atoms with E-state index in [2.05, 4.69) is 38.5 Å². The van der Waals surface area contributed by atoms with Gasteiger partial charge in [0.15, 0.2) is 0 Å². The van der Waals surface area contributed by atoms with Crippen LogP contribution >= 0.6 is 38.5 Å². The second kappa shape index (κ2) is 7.84. The molecule has 0 spiro atoms. The molecule has 0 aromatic heterocycles. The molecular weight excluding hydrogens is 425 g/mol. The first-order valence-corrected chi connectivity index (χ1v) is 7.69. The van der Waals surface area contributed by atoms with Crippen molar-refractivity contribution in [3.8, 4) is 0 Å². The van der Waals surface area contributed by atoms with Crippen LogP contribution in [0.3, 0.4) is 0 Å². The maximum absolute atomic E-state index is 12.2. The van der Waals surface area contributed by atoms with E-state index in [9.17, 15) is 9.59 Å². The third kappa shape index (κ3) is 5.10. The number of ether oxygens (including phenoxy) is 1. The average Bonchev–Trinajstić information content (AvgIpc) is 2.38. The quantitative estimate of drug-likeness (QED) is 0.523. The van der Waals surface area contributed by atoms with Crippen LogP contribution in [0.1, 0.15) is 23.7 Å². The van der Waals surface area contributed by atoms with Crippen molar-refractivity contribution in [2.45, 2.75) is 13.3 Å². The van der Waals surface area contributed by atoms with Gasteiger partial charge in [0.1, 0.15) is 0 Å². The van der Waals surface area contributed by atoms with E-state index in [-0.39, 0.29) is 18.3 Å². The molecule has 0 bridgehead atoms. The molecule has 0 aliphatic rings. The van der Waals surface area contributed by atoms with E-state index in [0.717, 1.165) is 8.04 Å². The fraction of sp³-hybridized carbons (Fsp3) is 0.385. The molecule has 0 fully saturated rings. The number of amides is 1. The van der Waals surface area contributed by atoms with E-state index in [1.165, 1.54) is 4.90 Å². The largest absolute Gasteiger partial charge is 0.466 e. The van der Waals surface area contributed by atoms with Gasteiger partial charge in [-0.05, 0) is 47.7 Å². The van der Waals surface area contributed by atoms with Crippen molar-refractivity contribution in [2.75, 3.05) is 20.2 Å². The zero-order chi connectivity index (χ0) is 14.4. The van der Waals surface area contributed by atoms with Crippen molar-refractivity contribution < 1.29 is 14.3 Å². The number of esters is 1. The van der Waals surface area contributed by atoms with E-state index in [4.69, 9.17) is 4.74 Å². The van der Waals surface area contributed by atoms with Crippen molar-refractivity contribution in [1.82, 2.24) is 4.90 Å². The molecule has 0 saturated heterocycles. The summed E-state index contributed by atoms with van der Waals surface area (Å²) in [6, 6.07) is 5.54. The molecule has 0 unspecified atom stereocenters. The summed E-state index contributed by atoms with van der Waals surface area (Å²) in [5.41, 5.74) is 0.626. The first kappa shape index (κ1) is 16.4. The summed E-state index contributed by atoms with van der Waals surface area (Å²) in [4.78, 5) is 25.0. The molecule has 0 heterocycles. The highest BCUT2D eigenvalue weighted by Gasteiger charge is 2.16. The monoisotopic (exact) mass is 439 g/mol. The number of nitrogens with zero attached hydrogens (tertiary/aromatic N) is 1. The van der Waals surface area contributed by atoms with Crippen molar-refractivity contribution in [3.05, 3.63) is 31.8 Å². The zero-order valence-corrected chi connectivity index (χ0v) is 14.5. The molecule has 1 rings (SSSR count). The maximum Gasteiger partial charge on any atom is 0.307 e. The molecule has 104 valence electrons. The van der Waals surface area contributed by atoms with E-state index >= 15 is 0 Å². The van der Waals surface area contributed by atoms with Gasteiger partial charge < -0.3 is 9.64 Å². The molecule has 0 atom stereocenters. The zero-order valence-electron chi connectivity index (χ0n) is 10.8. The van der Waals surface area contributed by atoms with E-state index < -0.39 is 0 Å². The topological polar surface area (TPSA) is 46.6 Å². The number of halogens is 2. The Balaban J connectivity index is 2.66. The van der Waals surface area contributed by atoms with Gasteiger partial charge >= 0.3 is 5.97 Å². The van der Waals surface area contributed by atoms with Gasteiger partial charge in [-0.1, -0.05) is 15.9 Å². The highest BCUT2D eigenvalue weighted by molar-refractivity contribution is 14.1. The molecule has 1 aromatic rings. The Morgan fingerprint density at radius 1 is 1.42 bits per heavy atom. The summed E-state index contributed by atoms with van der Waals surface area (Å²) < 4.78 is 6.57. The molecular formula is C13H15BrINO3. The van der Waals surface area contributed by atoms with Crippen LogP contribution in [0.4, 0.5) is 0 Å². The van der Waals surface area contributed by atoms with Crippen LogP contribution in [0, 0.1) is 3.57 Å². The summed E-state index contributed by atoms with van der Waals surface area (Å²) >= 11 is 5.47. The minimum Gasteiger partial charge on any atom is -0.466 e. The molecule has 0 N–H and O–H groups in total. The van der Waals surface area contributed by atoms with Gasteiger partial charge in [-0.25, -0.2) is 0 Å². The predicted octanol–water partition coefficient (Wildman–Crippen LogP) is 3.08. The SMILES string of the molecule is CCOC(=O)CCN(C)C(=O)c1cc(Br)ccc1I. The summed E-state index contributed by atoms with van der Waals surface area (Å²) in [5.74, 6) is -0.388. The lowest BCUT2D eigenvalue weighted by Crippen LogP contribution is -2.30. The summed E-state index contributed by atoms with van der Waals surface area (Å²) in [5, 5.41) is 0. The van der Waals surface area contributed by atoms with Crippen molar-refractivity contribution in [3.63, 3.8) is 0 Å². The first-order valence-electron chi connectivity index (χ1n) is 5.81. The Kier molecular flexibility index (Phi) is 6.78. The van der Waals surface area contributed by atoms with Crippen LogP contribution < -0.4 is 0 Å². The van der Waals surface area contributed by atoms with Gasteiger partial charge in [0.25, 0.3) is 5.91 Å². The van der Waals surface area contributed by atoms with Crippen LogP contribution in [-0.4, -0.2) is 37.0 Å². The third-order valence-corrected chi connectivity index (χ3v) is 3.90. The number of hydrogen-bond donors (Lipinski definition) is 0. The normalized spacial score (nSPS) is 10.1. The van der Waals surface area contributed by atoms with Crippen LogP contribution in [0.15, 0.2) is 22.7 Å². The fourth-order valence-electron chi connectivity index (χ4n) is 1.46. The number of hydrogen-bond acceptors (Lipinski definition) is 3. The average molecular weight is 440 g/mol. The predicted molar refractivity (Wildman–Crippen MR) is 85.1 cm³/mol. The van der Waals surface area contributed by atoms with E-state index in [1.807, 2.05) is 12.1 Å². The smallest absolute Gasteiger partial charge is 0.307 e. The second-order valence-electron chi connectivity index (χ2n) is 3.91. The lowest BCUT2D eigenvalue weighted by molar-refractivity contribution is -0.143. The minimum absolute atomic E-state index is 0.102. The Labute approximate surface area is 134 Å². The Bertz CT molecular complexity index is 479. The van der Waals surface area contributed by atoms with Crippen LogP contribution in [-0.2, 0) is 9.53 Å². The molecule has 0 aliphatic heterocycles. The Morgan fingerprint density at radius 2 is 2.11 bits per heavy atom. The molecule has 19 heavy (non-hydrogen) atoms. The van der Waals surface area contributed by atoms with Crippen molar-refractivity contribution in [1.29, 1.82) is 0 Å². The third-order valence-electron chi connectivity index (χ3n) is 2.46. The van der Waals surface area contributed by atoms with Gasteiger partial charge in [0.05, 0.1) is 18.6 Å². The van der Waals surface area contributed by atoms with Crippen LogP contribution in [0.5, 0.6) is 0 Å². The van der Waals surface area contributed by atoms with Gasteiger partial charge in [0.2, 0.25) is 0 Å². The van der Waals surface area contributed by atoms with Crippen LogP contribution in [0.25, 0.3) is 0 Å².